The quantitative estimate of drug-likeness (QED) is 0.842. The van der Waals surface area contributed by atoms with E-state index in [1.807, 2.05) is 7.05 Å². The van der Waals surface area contributed by atoms with Gasteiger partial charge in [0.2, 0.25) is 0 Å². The van der Waals surface area contributed by atoms with Gasteiger partial charge in [0.15, 0.2) is 0 Å². The van der Waals surface area contributed by atoms with E-state index >= 15 is 0 Å². The first-order chi connectivity index (χ1) is 12.6. The molecule has 2 fully saturated rings. The maximum Gasteiger partial charge on any atom is 0.144 e. The van der Waals surface area contributed by atoms with Gasteiger partial charge in [0.25, 0.3) is 0 Å². The monoisotopic (exact) mass is 360 g/mol. The smallest absolute Gasteiger partial charge is 0.144 e. The fourth-order valence-corrected chi connectivity index (χ4v) is 4.49. The minimum atomic E-state index is 0.748. The van der Waals surface area contributed by atoms with Gasteiger partial charge in [0, 0.05) is 70.2 Å². The van der Waals surface area contributed by atoms with Crippen LogP contribution in [0.25, 0.3) is 0 Å². The molecule has 0 radical (unpaired) electrons. The molecule has 0 aromatic heterocycles. The Bertz CT molecular complexity index is 561. The Balaban J connectivity index is 1.50. The lowest BCUT2D eigenvalue weighted by Gasteiger charge is -2.41. The van der Waals surface area contributed by atoms with Crippen LogP contribution in [0.4, 0.5) is 11.4 Å². The molecule has 2 saturated heterocycles. The zero-order chi connectivity index (χ0) is 18.5. The number of piperazine rings is 1. The largest absolute Gasteiger partial charge is 0.495 e. The molecule has 5 nitrogen and oxygen atoms in total. The minimum Gasteiger partial charge on any atom is -0.495 e. The fourth-order valence-electron chi connectivity index (χ4n) is 4.49. The van der Waals surface area contributed by atoms with E-state index in [1.165, 1.54) is 38.0 Å². The van der Waals surface area contributed by atoms with Crippen molar-refractivity contribution in [2.24, 2.45) is 0 Å². The number of methoxy groups -OCH3 is 1. The third-order valence-electron chi connectivity index (χ3n) is 6.24. The number of benzene rings is 1. The number of likely N-dealkylation sites (tertiary alicyclic amines) is 1. The second kappa shape index (κ2) is 8.96. The summed E-state index contributed by atoms with van der Waals surface area (Å²) in [7, 11) is 3.67. The molecule has 0 aliphatic carbocycles. The number of hydrogen-bond acceptors (Lipinski definition) is 5. The highest BCUT2D eigenvalue weighted by Gasteiger charge is 2.25. The van der Waals surface area contributed by atoms with Crippen LogP contribution in [0.2, 0.25) is 0 Å². The molecule has 3 rings (SSSR count). The van der Waals surface area contributed by atoms with Crippen molar-refractivity contribution in [3.8, 4) is 5.75 Å². The molecule has 1 aromatic carbocycles. The van der Waals surface area contributed by atoms with E-state index in [-0.39, 0.29) is 0 Å². The van der Waals surface area contributed by atoms with Crippen molar-refractivity contribution >= 4 is 11.4 Å². The van der Waals surface area contributed by atoms with Gasteiger partial charge in [-0.15, -0.1) is 0 Å². The summed E-state index contributed by atoms with van der Waals surface area (Å²) in [5.41, 5.74) is 2.30. The van der Waals surface area contributed by atoms with Gasteiger partial charge < -0.3 is 15.0 Å². The number of nitrogens with zero attached hydrogens (tertiary/aromatic N) is 3. The summed E-state index contributed by atoms with van der Waals surface area (Å²) in [6, 6.07) is 7.95. The molecule has 146 valence electrons. The Morgan fingerprint density at radius 1 is 1.04 bits per heavy atom. The Hall–Kier alpha value is -1.46. The van der Waals surface area contributed by atoms with Crippen molar-refractivity contribution in [2.45, 2.75) is 45.2 Å². The number of rotatable bonds is 6. The maximum atomic E-state index is 5.51. The van der Waals surface area contributed by atoms with Crippen LogP contribution in [0.15, 0.2) is 18.2 Å². The molecular weight excluding hydrogens is 324 g/mol. The molecular formula is C21H36N4O. The Kier molecular flexibility index (Phi) is 6.65. The van der Waals surface area contributed by atoms with Gasteiger partial charge in [-0.1, -0.05) is 6.42 Å². The number of ether oxygens (including phenoxy) is 1. The van der Waals surface area contributed by atoms with Crippen LogP contribution in [-0.4, -0.2) is 75.3 Å². The van der Waals surface area contributed by atoms with Gasteiger partial charge in [-0.2, -0.15) is 0 Å². The molecule has 26 heavy (non-hydrogen) atoms. The van der Waals surface area contributed by atoms with Crippen molar-refractivity contribution < 1.29 is 4.74 Å². The van der Waals surface area contributed by atoms with Crippen LogP contribution in [0.3, 0.4) is 0 Å². The van der Waals surface area contributed by atoms with Crippen molar-refractivity contribution in [1.82, 2.24) is 9.80 Å². The summed E-state index contributed by atoms with van der Waals surface area (Å²) in [6.45, 7) is 11.7. The molecule has 2 heterocycles. The third kappa shape index (κ3) is 4.44. The van der Waals surface area contributed by atoms with Crippen LogP contribution < -0.4 is 15.0 Å². The highest BCUT2D eigenvalue weighted by molar-refractivity contribution is 5.64. The first-order valence-electron chi connectivity index (χ1n) is 10.2. The van der Waals surface area contributed by atoms with Crippen LogP contribution in [0.5, 0.6) is 5.75 Å². The molecule has 0 saturated carbocycles. The van der Waals surface area contributed by atoms with Gasteiger partial charge >= 0.3 is 0 Å². The molecule has 0 amide bonds. The van der Waals surface area contributed by atoms with Crippen molar-refractivity contribution in [3.63, 3.8) is 0 Å². The first kappa shape index (κ1) is 19.3. The fraction of sp³-hybridized carbons (Fsp3) is 0.714. The molecule has 5 heteroatoms. The molecule has 2 aliphatic heterocycles. The Labute approximate surface area is 159 Å². The normalized spacial score (nSPS) is 25.3. The summed E-state index contributed by atoms with van der Waals surface area (Å²) >= 11 is 0. The van der Waals surface area contributed by atoms with Gasteiger partial charge in [0.1, 0.15) is 5.75 Å². The van der Waals surface area contributed by atoms with E-state index in [2.05, 4.69) is 52.1 Å². The van der Waals surface area contributed by atoms with E-state index in [0.717, 1.165) is 49.7 Å². The predicted molar refractivity (Wildman–Crippen MR) is 111 cm³/mol. The van der Waals surface area contributed by atoms with E-state index in [1.54, 1.807) is 7.11 Å². The summed E-state index contributed by atoms with van der Waals surface area (Å²) in [6.07, 6.45) is 4.12. The minimum absolute atomic E-state index is 0.748. The zero-order valence-corrected chi connectivity index (χ0v) is 17.0. The summed E-state index contributed by atoms with van der Waals surface area (Å²) in [5, 5.41) is 3.18. The average Bonchev–Trinajstić information content (AvgIpc) is 2.67. The topological polar surface area (TPSA) is 31.0 Å². The Morgan fingerprint density at radius 2 is 1.73 bits per heavy atom. The van der Waals surface area contributed by atoms with Crippen molar-refractivity contribution in [3.05, 3.63) is 18.2 Å². The second-order valence-electron chi connectivity index (χ2n) is 7.83. The van der Waals surface area contributed by atoms with E-state index < -0.39 is 0 Å². The van der Waals surface area contributed by atoms with Crippen molar-refractivity contribution in [1.29, 1.82) is 0 Å². The van der Waals surface area contributed by atoms with E-state index in [0.29, 0.717) is 0 Å². The third-order valence-corrected chi connectivity index (χ3v) is 6.24. The number of nitrogens with one attached hydrogen (secondary N) is 1. The van der Waals surface area contributed by atoms with Crippen LogP contribution in [-0.2, 0) is 0 Å². The zero-order valence-electron chi connectivity index (χ0n) is 17.0. The van der Waals surface area contributed by atoms with Gasteiger partial charge in [-0.3, -0.25) is 9.80 Å². The first-order valence-corrected chi connectivity index (χ1v) is 10.2. The lowest BCUT2D eigenvalue weighted by atomic mass is 9.97. The van der Waals surface area contributed by atoms with Crippen LogP contribution in [0, 0.1) is 0 Å². The molecule has 2 atom stereocenters. The SMILES string of the molecule is CNc1ccc(N2CCN(CCN3[C@H](C)CCC[C@@H]3C)CC2)cc1OC. The molecule has 0 unspecified atom stereocenters. The highest BCUT2D eigenvalue weighted by Crippen LogP contribution is 2.30. The predicted octanol–water partition coefficient (Wildman–Crippen LogP) is 3.12. The number of piperidine rings is 1. The molecule has 0 bridgehead atoms. The molecule has 1 aromatic rings. The van der Waals surface area contributed by atoms with Gasteiger partial charge in [-0.05, 0) is 38.8 Å². The highest BCUT2D eigenvalue weighted by atomic mass is 16.5. The maximum absolute atomic E-state index is 5.51. The lowest BCUT2D eigenvalue weighted by Crippen LogP contribution is -2.51. The van der Waals surface area contributed by atoms with E-state index in [4.69, 9.17) is 4.74 Å². The summed E-state index contributed by atoms with van der Waals surface area (Å²) in [4.78, 5) is 7.82. The van der Waals surface area contributed by atoms with Gasteiger partial charge in [0.05, 0.1) is 12.8 Å². The summed E-state index contributed by atoms with van der Waals surface area (Å²) in [5.74, 6) is 0.917. The van der Waals surface area contributed by atoms with Crippen molar-refractivity contribution in [2.75, 3.05) is 63.6 Å². The average molecular weight is 361 g/mol. The number of hydrogen-bond donors (Lipinski definition) is 1. The van der Waals surface area contributed by atoms with Gasteiger partial charge in [-0.25, -0.2) is 0 Å². The van der Waals surface area contributed by atoms with Crippen LogP contribution in [0.1, 0.15) is 33.1 Å². The number of anilines is 2. The standard InChI is InChI=1S/C21H36N4O/c1-17-6-5-7-18(2)25(17)15-12-23-10-13-24(14-11-23)19-8-9-20(22-3)21(16-19)26-4/h8-9,16-18,22H,5-7,10-15H2,1-4H3/t17-,18+. The Morgan fingerprint density at radius 3 is 2.35 bits per heavy atom. The molecule has 1 N–H and O–H groups in total. The van der Waals surface area contributed by atoms with E-state index in [9.17, 15) is 0 Å². The second-order valence-corrected chi connectivity index (χ2v) is 7.83. The molecule has 2 aliphatic rings. The van der Waals surface area contributed by atoms with Crippen LogP contribution >= 0.6 is 0 Å². The summed E-state index contributed by atoms with van der Waals surface area (Å²) < 4.78 is 5.51. The molecule has 0 spiro atoms. The lowest BCUT2D eigenvalue weighted by molar-refractivity contribution is 0.0864.